The summed E-state index contributed by atoms with van der Waals surface area (Å²) in [5, 5.41) is 0. The van der Waals surface area contributed by atoms with E-state index < -0.39 is 6.10 Å². The van der Waals surface area contributed by atoms with E-state index in [0.717, 1.165) is 5.56 Å². The number of likely N-dealkylation sites (N-methyl/N-ethyl adjacent to an activating group) is 1. The van der Waals surface area contributed by atoms with Crippen molar-refractivity contribution in [1.29, 1.82) is 0 Å². The summed E-state index contributed by atoms with van der Waals surface area (Å²) in [6, 6.07) is 3.81. The van der Waals surface area contributed by atoms with Gasteiger partial charge in [-0.15, -0.1) is 0 Å². The summed E-state index contributed by atoms with van der Waals surface area (Å²) in [4.78, 5) is 17.9. The van der Waals surface area contributed by atoms with Crippen molar-refractivity contribution < 1.29 is 14.3 Å². The summed E-state index contributed by atoms with van der Waals surface area (Å²) in [5.41, 5.74) is 1.05. The second-order valence-electron chi connectivity index (χ2n) is 4.62. The van der Waals surface area contributed by atoms with Crippen molar-refractivity contribution in [2.24, 2.45) is 0 Å². The van der Waals surface area contributed by atoms with Gasteiger partial charge >= 0.3 is 0 Å². The van der Waals surface area contributed by atoms with Crippen LogP contribution in [0.2, 0.25) is 0 Å². The molecule has 0 fully saturated rings. The fourth-order valence-electron chi connectivity index (χ4n) is 1.84. The predicted molar refractivity (Wildman–Crippen MR) is 77.3 cm³/mol. The Labute approximate surface area is 120 Å². The molecule has 0 unspecified atom stereocenters. The van der Waals surface area contributed by atoms with Crippen LogP contribution >= 0.6 is 0 Å². The molecule has 0 saturated carbocycles. The number of ether oxygens (including phenoxy) is 2. The highest BCUT2D eigenvalue weighted by atomic mass is 16.5. The highest BCUT2D eigenvalue weighted by Crippen LogP contribution is 2.18. The van der Waals surface area contributed by atoms with Crippen LogP contribution in [0.5, 0.6) is 0 Å². The molecule has 2 atom stereocenters. The van der Waals surface area contributed by atoms with Crippen LogP contribution in [-0.2, 0) is 14.3 Å². The van der Waals surface area contributed by atoms with Gasteiger partial charge < -0.3 is 14.4 Å². The van der Waals surface area contributed by atoms with Crippen LogP contribution in [0.1, 0.15) is 32.4 Å². The Kier molecular flexibility index (Phi) is 7.18. The molecule has 0 aromatic carbocycles. The van der Waals surface area contributed by atoms with E-state index in [1.165, 1.54) is 0 Å². The Morgan fingerprint density at radius 1 is 1.30 bits per heavy atom. The number of carbonyl (C=O) groups excluding carboxylic acids is 1. The molecule has 0 bridgehead atoms. The summed E-state index contributed by atoms with van der Waals surface area (Å²) in [7, 11) is 1.79. The standard InChI is InChI=1S/C15H24N2O3/c1-5-19-10-11-20-13(3)15(18)17(4)12(2)14-6-8-16-9-7-14/h6-9,12-13H,5,10-11H2,1-4H3/t12-,13+/m1/s1. The van der Waals surface area contributed by atoms with Crippen LogP contribution in [0, 0.1) is 0 Å². The molecule has 0 N–H and O–H groups in total. The Balaban J connectivity index is 2.49. The van der Waals surface area contributed by atoms with Gasteiger partial charge in [0.05, 0.1) is 19.3 Å². The van der Waals surface area contributed by atoms with Gasteiger partial charge in [-0.05, 0) is 38.5 Å². The second-order valence-corrected chi connectivity index (χ2v) is 4.62. The summed E-state index contributed by atoms with van der Waals surface area (Å²) < 4.78 is 10.7. The summed E-state index contributed by atoms with van der Waals surface area (Å²) in [6.07, 6.45) is 2.99. The molecule has 1 heterocycles. The van der Waals surface area contributed by atoms with E-state index in [1.807, 2.05) is 26.0 Å². The maximum Gasteiger partial charge on any atom is 0.251 e. The first-order valence-electron chi connectivity index (χ1n) is 6.93. The van der Waals surface area contributed by atoms with Gasteiger partial charge in [-0.3, -0.25) is 9.78 Å². The van der Waals surface area contributed by atoms with E-state index >= 15 is 0 Å². The topological polar surface area (TPSA) is 51.7 Å². The molecule has 0 radical (unpaired) electrons. The first-order chi connectivity index (χ1) is 9.57. The highest BCUT2D eigenvalue weighted by Gasteiger charge is 2.22. The first kappa shape index (κ1) is 16.6. The van der Waals surface area contributed by atoms with E-state index in [9.17, 15) is 4.79 Å². The van der Waals surface area contributed by atoms with Crippen molar-refractivity contribution in [3.8, 4) is 0 Å². The number of carbonyl (C=O) groups is 1. The van der Waals surface area contributed by atoms with E-state index in [1.54, 1.807) is 31.3 Å². The molecule has 0 aliphatic heterocycles. The Bertz CT molecular complexity index is 397. The van der Waals surface area contributed by atoms with Gasteiger partial charge in [0.25, 0.3) is 5.91 Å². The predicted octanol–water partition coefficient (Wildman–Crippen LogP) is 2.04. The molecule has 1 aromatic heterocycles. The average molecular weight is 280 g/mol. The molecule has 20 heavy (non-hydrogen) atoms. The van der Waals surface area contributed by atoms with Crippen LogP contribution in [0.15, 0.2) is 24.5 Å². The van der Waals surface area contributed by atoms with Crippen LogP contribution in [-0.4, -0.2) is 48.8 Å². The molecule has 1 aromatic rings. The van der Waals surface area contributed by atoms with Crippen LogP contribution in [0.4, 0.5) is 0 Å². The third-order valence-electron chi connectivity index (χ3n) is 3.26. The Morgan fingerprint density at radius 3 is 2.55 bits per heavy atom. The fourth-order valence-corrected chi connectivity index (χ4v) is 1.84. The highest BCUT2D eigenvalue weighted by molar-refractivity contribution is 5.80. The summed E-state index contributed by atoms with van der Waals surface area (Å²) in [6.45, 7) is 7.28. The lowest BCUT2D eigenvalue weighted by Crippen LogP contribution is -2.38. The third kappa shape index (κ3) is 4.90. The molecular weight excluding hydrogens is 256 g/mol. The van der Waals surface area contributed by atoms with Crippen molar-refractivity contribution in [1.82, 2.24) is 9.88 Å². The SMILES string of the molecule is CCOCCO[C@@H](C)C(=O)N(C)[C@H](C)c1ccncc1. The first-order valence-corrected chi connectivity index (χ1v) is 6.93. The van der Waals surface area contributed by atoms with Crippen molar-refractivity contribution in [2.75, 3.05) is 26.9 Å². The number of amides is 1. The molecule has 1 amide bonds. The minimum absolute atomic E-state index is 0.0107. The minimum atomic E-state index is -0.468. The average Bonchev–Trinajstić information content (AvgIpc) is 2.50. The summed E-state index contributed by atoms with van der Waals surface area (Å²) >= 11 is 0. The second kappa shape index (κ2) is 8.66. The fraction of sp³-hybridized carbons (Fsp3) is 0.600. The Hall–Kier alpha value is -1.46. The number of hydrogen-bond donors (Lipinski definition) is 0. The lowest BCUT2D eigenvalue weighted by Gasteiger charge is -2.28. The monoisotopic (exact) mass is 280 g/mol. The Morgan fingerprint density at radius 2 is 1.95 bits per heavy atom. The molecule has 5 nitrogen and oxygen atoms in total. The third-order valence-corrected chi connectivity index (χ3v) is 3.26. The van der Waals surface area contributed by atoms with Gasteiger partial charge in [-0.1, -0.05) is 0 Å². The lowest BCUT2D eigenvalue weighted by atomic mass is 10.1. The number of aromatic nitrogens is 1. The van der Waals surface area contributed by atoms with E-state index in [0.29, 0.717) is 19.8 Å². The van der Waals surface area contributed by atoms with Gasteiger partial charge in [0, 0.05) is 26.0 Å². The van der Waals surface area contributed by atoms with Crippen molar-refractivity contribution in [3.05, 3.63) is 30.1 Å². The molecule has 0 aliphatic carbocycles. The van der Waals surface area contributed by atoms with Crippen molar-refractivity contribution in [2.45, 2.75) is 32.9 Å². The van der Waals surface area contributed by atoms with Crippen molar-refractivity contribution >= 4 is 5.91 Å². The molecule has 112 valence electrons. The van der Waals surface area contributed by atoms with Gasteiger partial charge in [-0.2, -0.15) is 0 Å². The minimum Gasteiger partial charge on any atom is -0.379 e. The van der Waals surface area contributed by atoms with Gasteiger partial charge in [0.1, 0.15) is 6.10 Å². The zero-order chi connectivity index (χ0) is 15.0. The van der Waals surface area contributed by atoms with E-state index in [-0.39, 0.29) is 11.9 Å². The van der Waals surface area contributed by atoms with Crippen LogP contribution in [0.3, 0.4) is 0 Å². The zero-order valence-electron chi connectivity index (χ0n) is 12.7. The number of pyridine rings is 1. The number of nitrogens with zero attached hydrogens (tertiary/aromatic N) is 2. The number of hydrogen-bond acceptors (Lipinski definition) is 4. The van der Waals surface area contributed by atoms with E-state index in [4.69, 9.17) is 9.47 Å². The van der Waals surface area contributed by atoms with Crippen molar-refractivity contribution in [3.63, 3.8) is 0 Å². The van der Waals surface area contributed by atoms with Crippen LogP contribution in [0.25, 0.3) is 0 Å². The van der Waals surface area contributed by atoms with E-state index in [2.05, 4.69) is 4.98 Å². The molecule has 0 aliphatic rings. The smallest absolute Gasteiger partial charge is 0.251 e. The molecule has 0 saturated heterocycles. The lowest BCUT2D eigenvalue weighted by molar-refractivity contribution is -0.144. The maximum atomic E-state index is 12.3. The number of rotatable bonds is 8. The zero-order valence-corrected chi connectivity index (χ0v) is 12.7. The van der Waals surface area contributed by atoms with Crippen LogP contribution < -0.4 is 0 Å². The summed E-state index contributed by atoms with van der Waals surface area (Å²) in [5.74, 6) is -0.0363. The maximum absolute atomic E-state index is 12.3. The molecule has 5 heteroatoms. The van der Waals surface area contributed by atoms with Gasteiger partial charge in [0.15, 0.2) is 0 Å². The van der Waals surface area contributed by atoms with Gasteiger partial charge in [0.2, 0.25) is 0 Å². The quantitative estimate of drug-likeness (QED) is 0.684. The normalized spacial score (nSPS) is 13.8. The van der Waals surface area contributed by atoms with Gasteiger partial charge in [-0.25, -0.2) is 0 Å². The largest absolute Gasteiger partial charge is 0.379 e. The molecular formula is C15H24N2O3. The molecule has 1 rings (SSSR count). The molecule has 0 spiro atoms.